The normalized spacial score (nSPS) is 10.8. The second-order valence-electron chi connectivity index (χ2n) is 5.11. The van der Waals surface area contributed by atoms with E-state index >= 15 is 0 Å². The Hall–Kier alpha value is -3.75. The van der Waals surface area contributed by atoms with Gasteiger partial charge in [0.25, 0.3) is 11.4 Å². The first-order valence-electron chi connectivity index (χ1n) is 6.67. The number of benzene rings is 3. The number of nitrogens with zero attached hydrogens (tertiary/aromatic N) is 2. The third-order valence-corrected chi connectivity index (χ3v) is 3.75. The van der Waals surface area contributed by atoms with Gasteiger partial charge in [-0.1, -0.05) is 0 Å². The molecule has 0 aromatic heterocycles. The van der Waals surface area contributed by atoms with Gasteiger partial charge in [-0.05, 0) is 22.9 Å². The standard InChI is InChI=1S/C15H10N4O5/c16-15(17)13-9-3-1-7(18(21)22)5-11(9)14(20)12-6-8(19(23)24)2-4-10(12)13/h1-6,20H,(H3,16,17). The first-order chi connectivity index (χ1) is 11.3. The van der Waals surface area contributed by atoms with Gasteiger partial charge in [-0.25, -0.2) is 0 Å². The number of fused-ring (bicyclic) bond motifs is 2. The minimum atomic E-state index is -0.621. The lowest BCUT2D eigenvalue weighted by molar-refractivity contribution is -0.384. The van der Waals surface area contributed by atoms with Crippen LogP contribution in [-0.2, 0) is 0 Å². The second kappa shape index (κ2) is 5.16. The monoisotopic (exact) mass is 326 g/mol. The minimum Gasteiger partial charge on any atom is -0.507 e. The Labute approximate surface area is 133 Å². The molecule has 3 aromatic rings. The first-order valence-corrected chi connectivity index (χ1v) is 6.67. The lowest BCUT2D eigenvalue weighted by Gasteiger charge is -2.12. The fraction of sp³-hybridized carbons (Fsp3) is 0. The van der Waals surface area contributed by atoms with Crippen molar-refractivity contribution in [1.29, 1.82) is 5.41 Å². The lowest BCUT2D eigenvalue weighted by Crippen LogP contribution is -2.12. The van der Waals surface area contributed by atoms with Crippen molar-refractivity contribution in [2.45, 2.75) is 0 Å². The number of phenolic OH excluding ortho intramolecular Hbond substituents is 1. The van der Waals surface area contributed by atoms with Crippen molar-refractivity contribution in [2.75, 3.05) is 0 Å². The van der Waals surface area contributed by atoms with Crippen molar-refractivity contribution < 1.29 is 15.0 Å². The molecule has 3 aromatic carbocycles. The van der Waals surface area contributed by atoms with Crippen molar-refractivity contribution in [2.24, 2.45) is 5.73 Å². The summed E-state index contributed by atoms with van der Waals surface area (Å²) < 4.78 is 0. The van der Waals surface area contributed by atoms with Crippen molar-refractivity contribution in [1.82, 2.24) is 0 Å². The summed E-state index contributed by atoms with van der Waals surface area (Å²) in [6, 6.07) is 7.57. The van der Waals surface area contributed by atoms with Crippen LogP contribution < -0.4 is 5.73 Å². The number of amidine groups is 1. The second-order valence-corrected chi connectivity index (χ2v) is 5.11. The molecule has 4 N–H and O–H groups in total. The summed E-state index contributed by atoms with van der Waals surface area (Å²) in [5, 5.41) is 41.1. The molecule has 0 bridgehead atoms. The SMILES string of the molecule is N=C(N)c1c2ccc([N+](=O)[O-])cc2c(O)c2cc([N+](=O)[O-])ccc12. The molecule has 0 aliphatic heterocycles. The fourth-order valence-corrected chi connectivity index (χ4v) is 2.70. The molecule has 0 heterocycles. The van der Waals surface area contributed by atoms with Crippen LogP contribution in [0.4, 0.5) is 11.4 Å². The highest BCUT2D eigenvalue weighted by atomic mass is 16.6. The zero-order valence-electron chi connectivity index (χ0n) is 12.0. The molecule has 0 amide bonds. The maximum Gasteiger partial charge on any atom is 0.270 e. The molecule has 0 unspecified atom stereocenters. The molecule has 3 rings (SSSR count). The minimum absolute atomic E-state index is 0.0994. The molecular formula is C15H10N4O5. The number of aromatic hydroxyl groups is 1. The van der Waals surface area contributed by atoms with Crippen LogP contribution in [0.2, 0.25) is 0 Å². The zero-order valence-corrected chi connectivity index (χ0v) is 12.0. The van der Waals surface area contributed by atoms with Gasteiger partial charge in [0, 0.05) is 40.6 Å². The molecule has 9 nitrogen and oxygen atoms in total. The average Bonchev–Trinajstić information content (AvgIpc) is 2.54. The van der Waals surface area contributed by atoms with Crippen LogP contribution in [0.1, 0.15) is 5.56 Å². The number of rotatable bonds is 3. The summed E-state index contributed by atoms with van der Waals surface area (Å²) in [6.07, 6.45) is 0. The Morgan fingerprint density at radius 1 is 0.917 bits per heavy atom. The smallest absolute Gasteiger partial charge is 0.270 e. The summed E-state index contributed by atoms with van der Waals surface area (Å²) in [5.74, 6) is -0.648. The lowest BCUT2D eigenvalue weighted by atomic mass is 9.94. The van der Waals surface area contributed by atoms with E-state index in [1.165, 1.54) is 24.3 Å². The van der Waals surface area contributed by atoms with Crippen molar-refractivity contribution in [3.63, 3.8) is 0 Å². The number of non-ortho nitro benzene ring substituents is 2. The van der Waals surface area contributed by atoms with Gasteiger partial charge < -0.3 is 10.8 Å². The molecule has 0 spiro atoms. The molecule has 0 fully saturated rings. The first kappa shape index (κ1) is 15.2. The maximum absolute atomic E-state index is 10.9. The molecule has 0 radical (unpaired) electrons. The van der Waals surface area contributed by atoms with Gasteiger partial charge in [0.05, 0.1) is 9.85 Å². The average molecular weight is 326 g/mol. The molecule has 120 valence electrons. The van der Waals surface area contributed by atoms with E-state index in [2.05, 4.69) is 0 Å². The highest BCUT2D eigenvalue weighted by molar-refractivity contribution is 6.21. The predicted molar refractivity (Wildman–Crippen MR) is 87.4 cm³/mol. The van der Waals surface area contributed by atoms with E-state index < -0.39 is 9.85 Å². The Morgan fingerprint density at radius 3 is 1.67 bits per heavy atom. The number of nitro benzene ring substituents is 2. The summed E-state index contributed by atoms with van der Waals surface area (Å²) in [5.41, 5.74) is 5.37. The van der Waals surface area contributed by atoms with Crippen LogP contribution in [0.5, 0.6) is 5.75 Å². The van der Waals surface area contributed by atoms with Crippen LogP contribution in [0, 0.1) is 25.6 Å². The van der Waals surface area contributed by atoms with E-state index in [-0.39, 0.29) is 39.3 Å². The summed E-state index contributed by atoms with van der Waals surface area (Å²) >= 11 is 0. The molecule has 0 aliphatic rings. The van der Waals surface area contributed by atoms with Crippen molar-refractivity contribution in [3.05, 3.63) is 62.2 Å². The molecule has 0 aliphatic carbocycles. The zero-order chi connectivity index (χ0) is 17.6. The third kappa shape index (κ3) is 2.15. The van der Waals surface area contributed by atoms with E-state index in [9.17, 15) is 25.3 Å². The van der Waals surface area contributed by atoms with E-state index in [0.717, 1.165) is 12.1 Å². The van der Waals surface area contributed by atoms with Gasteiger partial charge in [-0.2, -0.15) is 0 Å². The summed E-state index contributed by atoms with van der Waals surface area (Å²) in [4.78, 5) is 20.7. The molecule has 9 heteroatoms. The van der Waals surface area contributed by atoms with E-state index in [0.29, 0.717) is 10.8 Å². The number of hydrogen-bond donors (Lipinski definition) is 3. The van der Waals surface area contributed by atoms with E-state index in [1.807, 2.05) is 0 Å². The van der Waals surface area contributed by atoms with Crippen molar-refractivity contribution >= 4 is 38.8 Å². The summed E-state index contributed by atoms with van der Waals surface area (Å²) in [7, 11) is 0. The molecule has 0 atom stereocenters. The van der Waals surface area contributed by atoms with Gasteiger partial charge in [-0.3, -0.25) is 25.6 Å². The molecule has 0 saturated carbocycles. The Balaban J connectivity index is 2.55. The molecular weight excluding hydrogens is 316 g/mol. The van der Waals surface area contributed by atoms with Crippen LogP contribution in [-0.4, -0.2) is 20.8 Å². The van der Waals surface area contributed by atoms with Crippen LogP contribution >= 0.6 is 0 Å². The third-order valence-electron chi connectivity index (χ3n) is 3.75. The summed E-state index contributed by atoms with van der Waals surface area (Å²) in [6.45, 7) is 0. The highest BCUT2D eigenvalue weighted by Crippen LogP contribution is 2.40. The highest BCUT2D eigenvalue weighted by Gasteiger charge is 2.20. The number of nitrogens with one attached hydrogen (secondary N) is 1. The van der Waals surface area contributed by atoms with Crippen molar-refractivity contribution in [3.8, 4) is 5.75 Å². The Bertz CT molecular complexity index is 986. The molecule has 0 saturated heterocycles. The van der Waals surface area contributed by atoms with Gasteiger partial charge in [0.15, 0.2) is 0 Å². The largest absolute Gasteiger partial charge is 0.507 e. The number of nitrogens with two attached hydrogens (primary N) is 1. The van der Waals surface area contributed by atoms with Gasteiger partial charge in [0.2, 0.25) is 0 Å². The molecule has 24 heavy (non-hydrogen) atoms. The van der Waals surface area contributed by atoms with Crippen LogP contribution in [0.3, 0.4) is 0 Å². The van der Waals surface area contributed by atoms with E-state index in [4.69, 9.17) is 11.1 Å². The van der Waals surface area contributed by atoms with Crippen LogP contribution in [0.15, 0.2) is 36.4 Å². The maximum atomic E-state index is 10.9. The predicted octanol–water partition coefficient (Wildman–Crippen LogP) is 2.80. The van der Waals surface area contributed by atoms with Gasteiger partial charge in [-0.15, -0.1) is 0 Å². The van der Waals surface area contributed by atoms with Gasteiger partial charge >= 0.3 is 0 Å². The fourth-order valence-electron chi connectivity index (χ4n) is 2.70. The van der Waals surface area contributed by atoms with E-state index in [1.54, 1.807) is 0 Å². The number of phenols is 1. The number of hydrogen-bond acceptors (Lipinski definition) is 6. The number of nitrogen functional groups attached to an aromatic ring is 1. The Morgan fingerprint density at radius 2 is 1.33 bits per heavy atom. The topological polar surface area (TPSA) is 156 Å². The van der Waals surface area contributed by atoms with Crippen LogP contribution in [0.25, 0.3) is 21.5 Å². The number of nitro groups is 2. The van der Waals surface area contributed by atoms with Gasteiger partial charge in [0.1, 0.15) is 11.6 Å². The quantitative estimate of drug-likeness (QED) is 0.221. The Kier molecular flexibility index (Phi) is 3.26.